The first-order valence-electron chi connectivity index (χ1n) is 6.70. The summed E-state index contributed by atoms with van der Waals surface area (Å²) in [6.45, 7) is 3.45. The fourth-order valence-electron chi connectivity index (χ4n) is 1.58. The van der Waals surface area contributed by atoms with Crippen LogP contribution in [0, 0.1) is 0 Å². The van der Waals surface area contributed by atoms with E-state index in [2.05, 4.69) is 4.18 Å². The van der Waals surface area contributed by atoms with Crippen molar-refractivity contribution in [1.82, 2.24) is 0 Å². The second kappa shape index (κ2) is 8.57. The summed E-state index contributed by atoms with van der Waals surface area (Å²) in [5, 5.41) is 1.10. The smallest absolute Gasteiger partial charge is 0.264 e. The number of anilines is 1. The second-order valence-electron chi connectivity index (χ2n) is 4.16. The van der Waals surface area contributed by atoms with Crippen LogP contribution in [0.25, 0.3) is 0 Å². The van der Waals surface area contributed by atoms with Crippen LogP contribution in [0.4, 0.5) is 5.69 Å². The van der Waals surface area contributed by atoms with Gasteiger partial charge in [-0.25, -0.2) is 22.3 Å². The van der Waals surface area contributed by atoms with Gasteiger partial charge in [0.15, 0.2) is 9.84 Å². The van der Waals surface area contributed by atoms with Crippen molar-refractivity contribution in [2.24, 2.45) is 0 Å². The highest BCUT2D eigenvalue weighted by Crippen LogP contribution is 2.21. The predicted molar refractivity (Wildman–Crippen MR) is 81.7 cm³/mol. The summed E-state index contributed by atoms with van der Waals surface area (Å²) in [7, 11) is -8.48. The van der Waals surface area contributed by atoms with Gasteiger partial charge in [-0.05, 0) is 32.0 Å². The average molecular weight is 369 g/mol. The first-order chi connectivity index (χ1) is 10.7. The van der Waals surface area contributed by atoms with Crippen LogP contribution in [-0.2, 0) is 34.1 Å². The maximum atomic E-state index is 12.2. The van der Waals surface area contributed by atoms with Gasteiger partial charge in [0.25, 0.3) is 0 Å². The number of sulfone groups is 1. The molecule has 0 unspecified atom stereocenters. The van der Waals surface area contributed by atoms with E-state index < -0.39 is 32.6 Å². The van der Waals surface area contributed by atoms with Crippen molar-refractivity contribution in [3.8, 4) is 0 Å². The van der Waals surface area contributed by atoms with E-state index in [9.17, 15) is 16.8 Å². The number of rotatable bonds is 10. The first kappa shape index (κ1) is 19.8. The summed E-state index contributed by atoms with van der Waals surface area (Å²) in [4.78, 5) is 10.4. The number of benzene rings is 1. The molecule has 0 spiro atoms. The molecular formula is C12H19NO8S2. The molecule has 0 amide bonds. The fourth-order valence-corrected chi connectivity index (χ4v) is 3.10. The van der Waals surface area contributed by atoms with Crippen molar-refractivity contribution < 1.29 is 35.2 Å². The Bertz CT molecular complexity index is 696. The molecule has 0 heterocycles. The van der Waals surface area contributed by atoms with Crippen LogP contribution in [0.15, 0.2) is 29.2 Å². The molecule has 132 valence electrons. The van der Waals surface area contributed by atoms with E-state index in [1.54, 1.807) is 19.9 Å². The van der Waals surface area contributed by atoms with E-state index in [0.717, 1.165) is 5.23 Å². The molecule has 0 saturated heterocycles. The van der Waals surface area contributed by atoms with E-state index in [1.165, 1.54) is 18.2 Å². The van der Waals surface area contributed by atoms with Gasteiger partial charge in [-0.1, -0.05) is 6.07 Å². The summed E-state index contributed by atoms with van der Waals surface area (Å²) < 4.78 is 57.6. The minimum Gasteiger partial charge on any atom is -0.264 e. The molecule has 0 aromatic heterocycles. The third-order valence-corrected chi connectivity index (χ3v) is 4.61. The Balaban J connectivity index is 2.93. The van der Waals surface area contributed by atoms with Crippen molar-refractivity contribution in [3.63, 3.8) is 0 Å². The minimum absolute atomic E-state index is 0.0571. The van der Waals surface area contributed by atoms with Gasteiger partial charge >= 0.3 is 10.4 Å². The van der Waals surface area contributed by atoms with E-state index >= 15 is 0 Å². The standard InChI is InChI=1S/C12H19NO8S2/c1-3-19-13(20-4-2)11-6-5-7-12(10-11)22(14,15)9-8-21-23(16,17)18/h5-7,10H,3-4,8-9H2,1-2H3,(H,16,17,18). The monoisotopic (exact) mass is 369 g/mol. The van der Waals surface area contributed by atoms with E-state index in [0.29, 0.717) is 18.9 Å². The molecular weight excluding hydrogens is 350 g/mol. The van der Waals surface area contributed by atoms with Gasteiger partial charge in [-0.2, -0.15) is 8.42 Å². The lowest BCUT2D eigenvalue weighted by atomic mass is 10.3. The lowest BCUT2D eigenvalue weighted by Crippen LogP contribution is -2.24. The molecule has 1 N–H and O–H groups in total. The molecule has 0 atom stereocenters. The van der Waals surface area contributed by atoms with Crippen molar-refractivity contribution in [2.75, 3.05) is 30.8 Å². The Labute approximate surface area is 135 Å². The summed E-state index contributed by atoms with van der Waals surface area (Å²) in [5.41, 5.74) is 0.366. The maximum Gasteiger partial charge on any atom is 0.397 e. The number of nitrogens with zero attached hydrogens (tertiary/aromatic N) is 1. The highest BCUT2D eigenvalue weighted by atomic mass is 32.3. The highest BCUT2D eigenvalue weighted by Gasteiger charge is 2.18. The van der Waals surface area contributed by atoms with Gasteiger partial charge < -0.3 is 0 Å². The molecule has 11 heteroatoms. The highest BCUT2D eigenvalue weighted by molar-refractivity contribution is 7.91. The Morgan fingerprint density at radius 3 is 2.22 bits per heavy atom. The van der Waals surface area contributed by atoms with Gasteiger partial charge in [0.2, 0.25) is 0 Å². The zero-order valence-corrected chi connectivity index (χ0v) is 14.3. The molecule has 1 aromatic carbocycles. The van der Waals surface area contributed by atoms with Crippen LogP contribution in [-0.4, -0.2) is 47.0 Å². The first-order valence-corrected chi connectivity index (χ1v) is 9.72. The maximum absolute atomic E-state index is 12.2. The molecule has 0 aliphatic rings. The number of hydrogen-bond acceptors (Lipinski definition) is 8. The third-order valence-electron chi connectivity index (χ3n) is 2.46. The van der Waals surface area contributed by atoms with Crippen LogP contribution in [0.2, 0.25) is 0 Å². The van der Waals surface area contributed by atoms with Gasteiger partial charge in [-0.3, -0.25) is 4.55 Å². The molecule has 1 rings (SSSR count). The summed E-state index contributed by atoms with van der Waals surface area (Å²) in [5.74, 6) is -0.612. The van der Waals surface area contributed by atoms with Gasteiger partial charge in [0, 0.05) is 0 Å². The Kier molecular flexibility index (Phi) is 7.38. The van der Waals surface area contributed by atoms with E-state index in [-0.39, 0.29) is 4.90 Å². The molecule has 23 heavy (non-hydrogen) atoms. The fraction of sp³-hybridized carbons (Fsp3) is 0.500. The van der Waals surface area contributed by atoms with Crippen molar-refractivity contribution in [1.29, 1.82) is 0 Å². The molecule has 0 aliphatic heterocycles. The molecule has 0 fully saturated rings. The van der Waals surface area contributed by atoms with Crippen LogP contribution in [0.1, 0.15) is 13.8 Å². The normalized spacial score (nSPS) is 12.3. The Morgan fingerprint density at radius 1 is 1.09 bits per heavy atom. The lowest BCUT2D eigenvalue weighted by Gasteiger charge is -2.21. The summed E-state index contributed by atoms with van der Waals surface area (Å²) in [6.07, 6.45) is 0. The second-order valence-corrected chi connectivity index (χ2v) is 7.36. The Morgan fingerprint density at radius 2 is 1.70 bits per heavy atom. The average Bonchev–Trinajstić information content (AvgIpc) is 2.45. The molecule has 0 aliphatic carbocycles. The third kappa shape index (κ3) is 6.81. The summed E-state index contributed by atoms with van der Waals surface area (Å²) in [6, 6.07) is 5.77. The van der Waals surface area contributed by atoms with Gasteiger partial charge in [-0.15, -0.1) is 5.23 Å². The quantitative estimate of drug-likeness (QED) is 0.475. The molecule has 0 bridgehead atoms. The molecule has 9 nitrogen and oxygen atoms in total. The van der Waals surface area contributed by atoms with Crippen LogP contribution in [0.3, 0.4) is 0 Å². The predicted octanol–water partition coefficient (Wildman–Crippen LogP) is 0.989. The largest absolute Gasteiger partial charge is 0.397 e. The SMILES string of the molecule is CCON(OCC)c1cccc(S(=O)(=O)CCOS(=O)(=O)O)c1. The van der Waals surface area contributed by atoms with Crippen molar-refractivity contribution in [2.45, 2.75) is 18.7 Å². The topological polar surface area (TPSA) is 119 Å². The van der Waals surface area contributed by atoms with Crippen LogP contribution >= 0.6 is 0 Å². The lowest BCUT2D eigenvalue weighted by molar-refractivity contribution is -0.0817. The molecule has 1 aromatic rings. The Hall–Kier alpha value is -1.24. The zero-order valence-electron chi connectivity index (χ0n) is 12.7. The molecule has 0 radical (unpaired) electrons. The van der Waals surface area contributed by atoms with Crippen molar-refractivity contribution in [3.05, 3.63) is 24.3 Å². The van der Waals surface area contributed by atoms with Gasteiger partial charge in [0.1, 0.15) is 0 Å². The summed E-state index contributed by atoms with van der Waals surface area (Å²) >= 11 is 0. The minimum atomic E-state index is -4.68. The zero-order chi connectivity index (χ0) is 17.5. The van der Waals surface area contributed by atoms with Crippen molar-refractivity contribution >= 4 is 25.9 Å². The van der Waals surface area contributed by atoms with E-state index in [4.69, 9.17) is 14.2 Å². The van der Waals surface area contributed by atoms with Crippen LogP contribution in [0.5, 0.6) is 0 Å². The molecule has 0 saturated carbocycles. The van der Waals surface area contributed by atoms with Gasteiger partial charge in [0.05, 0.1) is 36.2 Å². The van der Waals surface area contributed by atoms with E-state index in [1.807, 2.05) is 0 Å². The van der Waals surface area contributed by atoms with Crippen LogP contribution < -0.4 is 5.23 Å². The number of hydrogen-bond donors (Lipinski definition) is 1.